The topological polar surface area (TPSA) is 74.8 Å². The van der Waals surface area contributed by atoms with Gasteiger partial charge in [0, 0.05) is 6.54 Å². The zero-order valence-electron chi connectivity index (χ0n) is 12.0. The maximum Gasteiger partial charge on any atom is 0.275 e. The molecular formula is C14H28N3O2+. The average Bonchev–Trinajstić information content (AvgIpc) is 2.35. The first kappa shape index (κ1) is 16.0. The number of nitrogens with two attached hydrogens (primary N) is 1. The number of rotatable bonds is 6. The van der Waals surface area contributed by atoms with Gasteiger partial charge < -0.3 is 16.0 Å². The van der Waals surface area contributed by atoms with Crippen LogP contribution in [0.4, 0.5) is 0 Å². The van der Waals surface area contributed by atoms with Crippen molar-refractivity contribution in [1.82, 2.24) is 10.6 Å². The summed E-state index contributed by atoms with van der Waals surface area (Å²) in [6.45, 7) is 2.99. The highest BCUT2D eigenvalue weighted by molar-refractivity contribution is 5.84. The molecule has 1 saturated carbocycles. The summed E-state index contributed by atoms with van der Waals surface area (Å²) in [6.07, 6.45) is 9.00. The predicted molar refractivity (Wildman–Crippen MR) is 74.6 cm³/mol. The molecule has 0 atom stereocenters. The van der Waals surface area contributed by atoms with Gasteiger partial charge in [0.05, 0.1) is 12.6 Å². The summed E-state index contributed by atoms with van der Waals surface area (Å²) < 4.78 is 0. The molecule has 19 heavy (non-hydrogen) atoms. The van der Waals surface area contributed by atoms with E-state index in [9.17, 15) is 9.59 Å². The Morgan fingerprint density at radius 1 is 1.00 bits per heavy atom. The third kappa shape index (κ3) is 7.82. The fourth-order valence-corrected chi connectivity index (χ4v) is 2.51. The van der Waals surface area contributed by atoms with Gasteiger partial charge in [0.1, 0.15) is 0 Å². The highest BCUT2D eigenvalue weighted by Gasteiger charge is 2.15. The van der Waals surface area contributed by atoms with Gasteiger partial charge in [-0.1, -0.05) is 19.3 Å². The summed E-state index contributed by atoms with van der Waals surface area (Å²) in [6, 6.07) is 0.579. The average molecular weight is 270 g/mol. The van der Waals surface area contributed by atoms with Gasteiger partial charge in [-0.25, -0.2) is 0 Å². The molecule has 0 aromatic heterocycles. The summed E-state index contributed by atoms with van der Waals surface area (Å²) in [5, 5.41) is 7.45. The molecule has 4 N–H and O–H groups in total. The number of nitrogens with one attached hydrogen (secondary N) is 2. The van der Waals surface area contributed by atoms with Gasteiger partial charge in [-0.05, 0) is 32.6 Å². The van der Waals surface area contributed by atoms with Crippen LogP contribution in [-0.4, -0.2) is 37.5 Å². The molecule has 2 amide bonds. The van der Waals surface area contributed by atoms with Gasteiger partial charge in [0.15, 0.2) is 6.54 Å². The van der Waals surface area contributed by atoms with E-state index in [4.69, 9.17) is 0 Å². The van der Waals surface area contributed by atoms with E-state index in [1.807, 2.05) is 6.92 Å². The van der Waals surface area contributed by atoms with Crippen molar-refractivity contribution < 1.29 is 14.9 Å². The molecule has 1 fully saturated rings. The van der Waals surface area contributed by atoms with Crippen LogP contribution in [0.1, 0.15) is 51.9 Å². The quantitative estimate of drug-likeness (QED) is 0.631. The lowest BCUT2D eigenvalue weighted by Gasteiger charge is -2.17. The zero-order chi connectivity index (χ0) is 13.9. The Bertz CT molecular complexity index is 274. The van der Waals surface area contributed by atoms with E-state index in [1.54, 1.807) is 0 Å². The Morgan fingerprint density at radius 2 is 1.63 bits per heavy atom. The van der Waals surface area contributed by atoms with Gasteiger partial charge in [0.25, 0.3) is 5.91 Å². The van der Waals surface area contributed by atoms with Crippen LogP contribution in [0.25, 0.3) is 0 Å². The summed E-state index contributed by atoms with van der Waals surface area (Å²) in [7, 11) is 0. The monoisotopic (exact) mass is 270 g/mol. The highest BCUT2D eigenvalue weighted by Crippen LogP contribution is 2.14. The van der Waals surface area contributed by atoms with Gasteiger partial charge in [-0.3, -0.25) is 9.59 Å². The molecule has 110 valence electrons. The molecule has 1 aliphatic carbocycles. The van der Waals surface area contributed by atoms with Gasteiger partial charge in [-0.15, -0.1) is 0 Å². The Kier molecular flexibility index (Phi) is 8.21. The Hall–Kier alpha value is -1.10. The lowest BCUT2D eigenvalue weighted by Crippen LogP contribution is -2.92. The van der Waals surface area contributed by atoms with Crippen LogP contribution < -0.4 is 16.0 Å². The molecule has 5 heteroatoms. The Balaban J connectivity index is 2.12. The van der Waals surface area contributed by atoms with Crippen molar-refractivity contribution in [2.45, 2.75) is 57.9 Å². The summed E-state index contributed by atoms with van der Waals surface area (Å²) >= 11 is 0. The molecule has 0 aliphatic heterocycles. The van der Waals surface area contributed by atoms with Crippen LogP contribution >= 0.6 is 0 Å². The molecular weight excluding hydrogens is 242 g/mol. The lowest BCUT2D eigenvalue weighted by molar-refractivity contribution is -0.680. The predicted octanol–water partition coefficient (Wildman–Crippen LogP) is -0.0850. The van der Waals surface area contributed by atoms with Crippen molar-refractivity contribution in [1.29, 1.82) is 0 Å². The van der Waals surface area contributed by atoms with Crippen LogP contribution in [0.3, 0.4) is 0 Å². The minimum atomic E-state index is -0.123. The summed E-state index contributed by atoms with van der Waals surface area (Å²) in [5.41, 5.74) is 0. The van der Waals surface area contributed by atoms with E-state index in [0.29, 0.717) is 19.1 Å². The molecule has 5 nitrogen and oxygen atoms in total. The third-order valence-corrected chi connectivity index (χ3v) is 3.61. The lowest BCUT2D eigenvalue weighted by atomic mass is 9.97. The van der Waals surface area contributed by atoms with E-state index >= 15 is 0 Å². The van der Waals surface area contributed by atoms with Crippen LogP contribution in [0, 0.1) is 0 Å². The molecule has 0 radical (unpaired) electrons. The SMILES string of the molecule is CCNC(=O)CNC(=O)C[NH2+]C1CCCCCCC1. The molecule has 1 rings (SSSR count). The van der Waals surface area contributed by atoms with E-state index in [-0.39, 0.29) is 18.4 Å². The third-order valence-electron chi connectivity index (χ3n) is 3.61. The molecule has 1 aliphatic rings. The first-order valence-corrected chi connectivity index (χ1v) is 7.59. The molecule has 0 aromatic carbocycles. The maximum absolute atomic E-state index is 11.6. The van der Waals surface area contributed by atoms with Crippen LogP contribution in [-0.2, 0) is 9.59 Å². The van der Waals surface area contributed by atoms with Crippen molar-refractivity contribution in [3.8, 4) is 0 Å². The molecule has 0 heterocycles. The first-order valence-electron chi connectivity index (χ1n) is 7.59. The van der Waals surface area contributed by atoms with Crippen molar-refractivity contribution in [3.63, 3.8) is 0 Å². The van der Waals surface area contributed by atoms with Crippen molar-refractivity contribution in [2.75, 3.05) is 19.6 Å². The maximum atomic E-state index is 11.6. The van der Waals surface area contributed by atoms with E-state index < -0.39 is 0 Å². The van der Waals surface area contributed by atoms with Gasteiger partial charge in [-0.2, -0.15) is 0 Å². The van der Waals surface area contributed by atoms with Crippen molar-refractivity contribution in [3.05, 3.63) is 0 Å². The number of amides is 2. The summed E-state index contributed by atoms with van der Waals surface area (Å²) in [4.78, 5) is 22.8. The normalized spacial score (nSPS) is 17.3. The minimum absolute atomic E-state index is 0.0479. The fraction of sp³-hybridized carbons (Fsp3) is 0.857. The number of carbonyl (C=O) groups is 2. The van der Waals surface area contributed by atoms with Crippen LogP contribution in [0.2, 0.25) is 0 Å². The number of quaternary nitrogens is 1. The van der Waals surface area contributed by atoms with Gasteiger partial charge >= 0.3 is 0 Å². The Morgan fingerprint density at radius 3 is 2.26 bits per heavy atom. The number of likely N-dealkylation sites (N-methyl/N-ethyl adjacent to an activating group) is 1. The first-order chi connectivity index (χ1) is 9.22. The number of hydrogen-bond acceptors (Lipinski definition) is 2. The second-order valence-corrected chi connectivity index (χ2v) is 5.28. The summed E-state index contributed by atoms with van der Waals surface area (Å²) in [5.74, 6) is -0.171. The van der Waals surface area contributed by atoms with Crippen LogP contribution in [0.5, 0.6) is 0 Å². The number of hydrogen-bond donors (Lipinski definition) is 3. The van der Waals surface area contributed by atoms with Gasteiger partial charge in [0.2, 0.25) is 5.91 Å². The highest BCUT2D eigenvalue weighted by atomic mass is 16.2. The molecule has 0 bridgehead atoms. The molecule has 0 spiro atoms. The standard InChI is InChI=1S/C14H27N3O2/c1-2-15-13(18)11-17-14(19)10-16-12-8-6-4-3-5-7-9-12/h12,16H,2-11H2,1H3,(H,15,18)(H,17,19)/p+1. The van der Waals surface area contributed by atoms with Crippen molar-refractivity contribution >= 4 is 11.8 Å². The molecule has 0 unspecified atom stereocenters. The van der Waals surface area contributed by atoms with Crippen LogP contribution in [0.15, 0.2) is 0 Å². The second-order valence-electron chi connectivity index (χ2n) is 5.28. The number of carbonyl (C=O) groups excluding carboxylic acids is 2. The van der Waals surface area contributed by atoms with Crippen molar-refractivity contribution in [2.24, 2.45) is 0 Å². The smallest absolute Gasteiger partial charge is 0.275 e. The van der Waals surface area contributed by atoms with E-state index in [0.717, 1.165) is 0 Å². The minimum Gasteiger partial charge on any atom is -0.355 e. The largest absolute Gasteiger partial charge is 0.355 e. The van der Waals surface area contributed by atoms with E-state index in [2.05, 4.69) is 16.0 Å². The fourth-order valence-electron chi connectivity index (χ4n) is 2.51. The molecule has 0 aromatic rings. The second kappa shape index (κ2) is 9.78. The van der Waals surface area contributed by atoms with E-state index in [1.165, 1.54) is 44.9 Å². The zero-order valence-corrected chi connectivity index (χ0v) is 12.0. The Labute approximate surface area is 115 Å². The molecule has 0 saturated heterocycles.